The van der Waals surface area contributed by atoms with Crippen LogP contribution >= 0.6 is 23.1 Å². The Hall–Kier alpha value is -3.70. The number of carbonyl (C=O) groups is 3. The highest BCUT2D eigenvalue weighted by Gasteiger charge is 2.27. The van der Waals surface area contributed by atoms with Crippen LogP contribution < -0.4 is 10.1 Å². The monoisotopic (exact) mass is 535 g/mol. The van der Waals surface area contributed by atoms with Gasteiger partial charge in [0.2, 0.25) is 5.91 Å². The quantitative estimate of drug-likeness (QED) is 0.323. The van der Waals surface area contributed by atoms with Gasteiger partial charge in [-0.3, -0.25) is 14.4 Å². The van der Waals surface area contributed by atoms with Crippen LogP contribution in [0.3, 0.4) is 0 Å². The van der Waals surface area contributed by atoms with E-state index in [-0.39, 0.29) is 36.4 Å². The van der Waals surface area contributed by atoms with Gasteiger partial charge in [-0.25, -0.2) is 4.98 Å². The maximum atomic E-state index is 12.8. The molecule has 1 saturated heterocycles. The van der Waals surface area contributed by atoms with E-state index in [1.54, 1.807) is 42.8 Å². The number of anilines is 1. The number of rotatable bonds is 8. The molecule has 2 aromatic carbocycles. The van der Waals surface area contributed by atoms with Gasteiger partial charge >= 0.3 is 0 Å². The van der Waals surface area contributed by atoms with E-state index < -0.39 is 0 Å². The number of carbonyl (C=O) groups excluding carboxylic acids is 3. The molecule has 0 spiro atoms. The van der Waals surface area contributed by atoms with Crippen LogP contribution in [0.4, 0.5) is 5.69 Å². The Morgan fingerprint density at radius 2 is 1.84 bits per heavy atom. The van der Waals surface area contributed by atoms with Gasteiger partial charge in [-0.2, -0.15) is 8.75 Å². The van der Waals surface area contributed by atoms with Gasteiger partial charge in [-0.05, 0) is 49.2 Å². The molecule has 1 N–H and O–H groups in total. The Balaban J connectivity index is 1.11. The minimum Gasteiger partial charge on any atom is -0.497 e. The molecule has 37 heavy (non-hydrogen) atoms. The van der Waals surface area contributed by atoms with Crippen molar-refractivity contribution >= 4 is 57.4 Å². The number of nitrogens with one attached hydrogen (secondary N) is 1. The second kappa shape index (κ2) is 11.1. The number of ether oxygens (including phenoxy) is 1. The average Bonchev–Trinajstić information content (AvgIpc) is 3.63. The number of Topliss-reactive ketones (excluding diaryl/α,β-unsaturated/α-hetero) is 1. The SMILES string of the molecule is COc1ccc(C(=O)CCC(=O)N2CCC(c3nc(C(=O)Nc4cccc5nsnc45)cs3)CC2)cc1. The summed E-state index contributed by atoms with van der Waals surface area (Å²) in [6.07, 6.45) is 1.92. The molecular formula is C26H25N5O4S2. The van der Waals surface area contributed by atoms with Gasteiger partial charge in [-0.1, -0.05) is 6.07 Å². The van der Waals surface area contributed by atoms with Crippen molar-refractivity contribution in [1.29, 1.82) is 0 Å². The lowest BCUT2D eigenvalue weighted by molar-refractivity contribution is -0.132. The van der Waals surface area contributed by atoms with E-state index >= 15 is 0 Å². The summed E-state index contributed by atoms with van der Waals surface area (Å²) < 4.78 is 13.6. The van der Waals surface area contributed by atoms with Crippen molar-refractivity contribution in [3.8, 4) is 5.75 Å². The summed E-state index contributed by atoms with van der Waals surface area (Å²) >= 11 is 2.58. The second-order valence-corrected chi connectivity index (χ2v) is 10.2. The summed E-state index contributed by atoms with van der Waals surface area (Å²) in [7, 11) is 1.58. The Bertz CT molecular complexity index is 1420. The molecule has 1 fully saturated rings. The van der Waals surface area contributed by atoms with Crippen molar-refractivity contribution < 1.29 is 19.1 Å². The van der Waals surface area contributed by atoms with Gasteiger partial charge in [-0.15, -0.1) is 11.3 Å². The fourth-order valence-corrected chi connectivity index (χ4v) is 5.87. The fraction of sp³-hybridized carbons (Fsp3) is 0.308. The molecule has 5 rings (SSSR count). The number of benzene rings is 2. The Labute approximate surface area is 221 Å². The molecule has 0 saturated carbocycles. The molecule has 1 aliphatic rings. The van der Waals surface area contributed by atoms with Crippen LogP contribution in [-0.4, -0.2) is 56.4 Å². The summed E-state index contributed by atoms with van der Waals surface area (Å²) in [6, 6.07) is 12.4. The number of piperidine rings is 1. The predicted octanol–water partition coefficient (Wildman–Crippen LogP) is 4.78. The average molecular weight is 536 g/mol. The number of thiazole rings is 1. The summed E-state index contributed by atoms with van der Waals surface area (Å²) in [4.78, 5) is 44.3. The normalized spacial score (nSPS) is 14.0. The van der Waals surface area contributed by atoms with Gasteiger partial charge in [0.15, 0.2) is 5.78 Å². The number of likely N-dealkylation sites (tertiary alicyclic amines) is 1. The first kappa shape index (κ1) is 25.0. The van der Waals surface area contributed by atoms with Crippen molar-refractivity contribution in [2.75, 3.05) is 25.5 Å². The minimum atomic E-state index is -0.280. The lowest BCUT2D eigenvalue weighted by Crippen LogP contribution is -2.38. The van der Waals surface area contributed by atoms with E-state index in [9.17, 15) is 14.4 Å². The highest BCUT2D eigenvalue weighted by Crippen LogP contribution is 2.31. The first-order chi connectivity index (χ1) is 18.0. The second-order valence-electron chi connectivity index (χ2n) is 8.77. The molecule has 0 unspecified atom stereocenters. The van der Waals surface area contributed by atoms with Crippen molar-refractivity contribution in [2.45, 2.75) is 31.6 Å². The standard InChI is InChI=1S/C26H25N5O4S2/c1-35-18-7-5-16(6-8-18)22(32)9-10-23(33)31-13-11-17(12-14-31)26-28-21(15-36-26)25(34)27-19-3-2-4-20-24(19)30-37-29-20/h2-8,15,17H,9-14H2,1H3,(H,27,34). The number of amides is 2. The third-order valence-corrected chi connectivity index (χ3v) is 8.01. The summed E-state index contributed by atoms with van der Waals surface area (Å²) in [5.74, 6) is 0.543. The van der Waals surface area contributed by atoms with Crippen LogP contribution in [-0.2, 0) is 4.79 Å². The first-order valence-corrected chi connectivity index (χ1v) is 13.6. The van der Waals surface area contributed by atoms with Crippen LogP contribution in [0.2, 0.25) is 0 Å². The predicted molar refractivity (Wildman–Crippen MR) is 143 cm³/mol. The molecule has 190 valence electrons. The van der Waals surface area contributed by atoms with Crippen LogP contribution in [0.5, 0.6) is 5.75 Å². The highest BCUT2D eigenvalue weighted by molar-refractivity contribution is 7.10. The van der Waals surface area contributed by atoms with Gasteiger partial charge in [0.05, 0.1) is 29.5 Å². The number of hydrogen-bond acceptors (Lipinski definition) is 9. The zero-order valence-corrected chi connectivity index (χ0v) is 21.8. The van der Waals surface area contributed by atoms with E-state index in [1.807, 2.05) is 17.0 Å². The topological polar surface area (TPSA) is 114 Å². The third-order valence-electron chi connectivity index (χ3n) is 6.46. The number of nitrogens with zero attached hydrogens (tertiary/aromatic N) is 4. The third kappa shape index (κ3) is 5.67. The summed E-state index contributed by atoms with van der Waals surface area (Å²) in [5.41, 5.74) is 2.97. The van der Waals surface area contributed by atoms with Gasteiger partial charge < -0.3 is 15.0 Å². The molecule has 1 aliphatic heterocycles. The maximum absolute atomic E-state index is 12.8. The van der Waals surface area contributed by atoms with E-state index in [4.69, 9.17) is 4.74 Å². The molecular weight excluding hydrogens is 510 g/mol. The van der Waals surface area contributed by atoms with Crippen LogP contribution in [0.1, 0.15) is 57.5 Å². The van der Waals surface area contributed by atoms with Crippen molar-refractivity contribution in [1.82, 2.24) is 18.6 Å². The van der Waals surface area contributed by atoms with Crippen LogP contribution in [0.25, 0.3) is 11.0 Å². The fourth-order valence-electron chi connectivity index (χ4n) is 4.35. The Kier molecular flexibility index (Phi) is 7.52. The summed E-state index contributed by atoms with van der Waals surface area (Å²) in [6.45, 7) is 1.22. The molecule has 0 atom stereocenters. The van der Waals surface area contributed by atoms with E-state index in [1.165, 1.54) is 11.3 Å². The number of aromatic nitrogens is 3. The lowest BCUT2D eigenvalue weighted by atomic mass is 9.97. The number of fused-ring (bicyclic) bond motifs is 1. The Morgan fingerprint density at radius 3 is 2.59 bits per heavy atom. The smallest absolute Gasteiger partial charge is 0.275 e. The Morgan fingerprint density at radius 1 is 1.05 bits per heavy atom. The van der Waals surface area contributed by atoms with Gasteiger partial charge in [0, 0.05) is 42.8 Å². The number of hydrogen-bond donors (Lipinski definition) is 1. The highest BCUT2D eigenvalue weighted by atomic mass is 32.1. The first-order valence-electron chi connectivity index (χ1n) is 11.9. The van der Waals surface area contributed by atoms with Crippen LogP contribution in [0.15, 0.2) is 47.8 Å². The van der Waals surface area contributed by atoms with Crippen molar-refractivity contribution in [3.05, 3.63) is 64.1 Å². The molecule has 0 aliphatic carbocycles. The zero-order chi connectivity index (χ0) is 25.8. The maximum Gasteiger partial charge on any atom is 0.275 e. The van der Waals surface area contributed by atoms with Crippen molar-refractivity contribution in [2.24, 2.45) is 0 Å². The molecule has 0 radical (unpaired) electrons. The molecule has 0 bridgehead atoms. The molecule has 2 amide bonds. The molecule has 9 nitrogen and oxygen atoms in total. The molecule has 11 heteroatoms. The largest absolute Gasteiger partial charge is 0.497 e. The molecule has 4 aromatic rings. The minimum absolute atomic E-state index is 0.00905. The molecule has 3 heterocycles. The van der Waals surface area contributed by atoms with Crippen LogP contribution in [0, 0.1) is 0 Å². The number of methoxy groups -OCH3 is 1. The molecule has 2 aromatic heterocycles. The van der Waals surface area contributed by atoms with Gasteiger partial charge in [0.25, 0.3) is 5.91 Å². The zero-order valence-electron chi connectivity index (χ0n) is 20.2. The van der Waals surface area contributed by atoms with E-state index in [2.05, 4.69) is 19.0 Å². The number of ketones is 1. The van der Waals surface area contributed by atoms with E-state index in [0.717, 1.165) is 35.1 Å². The van der Waals surface area contributed by atoms with Crippen molar-refractivity contribution in [3.63, 3.8) is 0 Å². The van der Waals surface area contributed by atoms with Gasteiger partial charge in [0.1, 0.15) is 22.5 Å². The summed E-state index contributed by atoms with van der Waals surface area (Å²) in [5, 5.41) is 5.56. The van der Waals surface area contributed by atoms with E-state index in [0.29, 0.717) is 41.3 Å². The lowest BCUT2D eigenvalue weighted by Gasteiger charge is -2.31.